The molecule has 1 aromatic carbocycles. The SMILES string of the molecule is CN(Cc1cccs1)C(=O)c1ccc(NC(=O)c2cccs2)cc1. The van der Waals surface area contributed by atoms with Crippen LogP contribution in [0.1, 0.15) is 24.9 Å². The first-order valence-electron chi connectivity index (χ1n) is 7.36. The number of hydrogen-bond donors (Lipinski definition) is 1. The maximum Gasteiger partial charge on any atom is 0.265 e. The van der Waals surface area contributed by atoms with Crippen LogP contribution in [0.25, 0.3) is 0 Å². The summed E-state index contributed by atoms with van der Waals surface area (Å²) in [7, 11) is 1.79. The monoisotopic (exact) mass is 356 g/mol. The van der Waals surface area contributed by atoms with Crippen LogP contribution in [0.3, 0.4) is 0 Å². The lowest BCUT2D eigenvalue weighted by Crippen LogP contribution is -2.25. The summed E-state index contributed by atoms with van der Waals surface area (Å²) >= 11 is 3.02. The summed E-state index contributed by atoms with van der Waals surface area (Å²) in [6.45, 7) is 0.591. The molecule has 2 amide bonds. The normalized spacial score (nSPS) is 10.4. The Hall–Kier alpha value is -2.44. The summed E-state index contributed by atoms with van der Waals surface area (Å²) in [5.74, 6) is -0.182. The van der Waals surface area contributed by atoms with E-state index in [9.17, 15) is 9.59 Å². The van der Waals surface area contributed by atoms with Crippen molar-refractivity contribution in [1.82, 2.24) is 4.90 Å². The van der Waals surface area contributed by atoms with Crippen molar-refractivity contribution in [2.24, 2.45) is 0 Å². The zero-order valence-electron chi connectivity index (χ0n) is 13.1. The van der Waals surface area contributed by atoms with E-state index >= 15 is 0 Å². The van der Waals surface area contributed by atoms with Crippen LogP contribution in [0.4, 0.5) is 5.69 Å². The van der Waals surface area contributed by atoms with E-state index in [0.29, 0.717) is 22.7 Å². The molecule has 2 aromatic heterocycles. The van der Waals surface area contributed by atoms with E-state index in [1.54, 1.807) is 53.6 Å². The van der Waals surface area contributed by atoms with Crippen molar-refractivity contribution in [3.05, 3.63) is 74.6 Å². The van der Waals surface area contributed by atoms with Crippen molar-refractivity contribution in [3.63, 3.8) is 0 Å². The van der Waals surface area contributed by atoms with Gasteiger partial charge < -0.3 is 10.2 Å². The fourth-order valence-corrected chi connectivity index (χ4v) is 3.60. The zero-order valence-corrected chi connectivity index (χ0v) is 14.7. The number of thiophene rings is 2. The van der Waals surface area contributed by atoms with E-state index in [2.05, 4.69) is 5.32 Å². The molecular formula is C18H16N2O2S2. The smallest absolute Gasteiger partial charge is 0.265 e. The number of hydrogen-bond acceptors (Lipinski definition) is 4. The Labute approximate surface area is 148 Å². The minimum atomic E-state index is -0.140. The number of anilines is 1. The van der Waals surface area contributed by atoms with Crippen molar-refractivity contribution < 1.29 is 9.59 Å². The van der Waals surface area contributed by atoms with Gasteiger partial charge in [-0.3, -0.25) is 9.59 Å². The number of nitrogens with zero attached hydrogens (tertiary/aromatic N) is 1. The van der Waals surface area contributed by atoms with Gasteiger partial charge in [-0.1, -0.05) is 12.1 Å². The number of nitrogens with one attached hydrogen (secondary N) is 1. The molecule has 0 aliphatic rings. The van der Waals surface area contributed by atoms with Gasteiger partial charge in [0.05, 0.1) is 11.4 Å². The molecule has 0 saturated carbocycles. The molecule has 3 rings (SSSR count). The van der Waals surface area contributed by atoms with Crippen molar-refractivity contribution in [3.8, 4) is 0 Å². The number of benzene rings is 1. The van der Waals surface area contributed by atoms with Crippen LogP contribution >= 0.6 is 22.7 Å². The molecule has 0 unspecified atom stereocenters. The minimum absolute atomic E-state index is 0.0421. The van der Waals surface area contributed by atoms with Gasteiger partial charge in [0.15, 0.2) is 0 Å². The number of carbonyl (C=O) groups is 2. The molecular weight excluding hydrogens is 340 g/mol. The first kappa shape index (κ1) is 16.4. The molecule has 0 atom stereocenters. The molecule has 0 spiro atoms. The Kier molecular flexibility index (Phi) is 5.08. The van der Waals surface area contributed by atoms with Crippen LogP contribution in [-0.4, -0.2) is 23.8 Å². The maximum absolute atomic E-state index is 12.4. The Morgan fingerprint density at radius 2 is 1.71 bits per heavy atom. The first-order valence-corrected chi connectivity index (χ1v) is 9.12. The number of rotatable bonds is 5. The van der Waals surface area contributed by atoms with Gasteiger partial charge in [-0.05, 0) is 47.2 Å². The van der Waals surface area contributed by atoms with Crippen LogP contribution in [-0.2, 0) is 6.54 Å². The Balaban J connectivity index is 1.63. The van der Waals surface area contributed by atoms with Crippen LogP contribution < -0.4 is 5.32 Å². The van der Waals surface area contributed by atoms with Crippen LogP contribution in [0.2, 0.25) is 0 Å². The van der Waals surface area contributed by atoms with Gasteiger partial charge in [-0.2, -0.15) is 0 Å². The Morgan fingerprint density at radius 1 is 1.00 bits per heavy atom. The fourth-order valence-electron chi connectivity index (χ4n) is 2.23. The maximum atomic E-state index is 12.4. The highest BCUT2D eigenvalue weighted by atomic mass is 32.1. The van der Waals surface area contributed by atoms with E-state index in [1.165, 1.54) is 11.3 Å². The topological polar surface area (TPSA) is 49.4 Å². The van der Waals surface area contributed by atoms with Gasteiger partial charge in [-0.25, -0.2) is 0 Å². The average molecular weight is 356 g/mol. The summed E-state index contributed by atoms with van der Waals surface area (Å²) in [5.41, 5.74) is 1.27. The third-order valence-electron chi connectivity index (χ3n) is 3.45. The molecule has 0 aliphatic heterocycles. The molecule has 6 heteroatoms. The minimum Gasteiger partial charge on any atom is -0.337 e. The number of carbonyl (C=O) groups excluding carboxylic acids is 2. The molecule has 0 saturated heterocycles. The third kappa shape index (κ3) is 3.90. The summed E-state index contributed by atoms with van der Waals surface area (Å²) in [6, 6.07) is 14.6. The quantitative estimate of drug-likeness (QED) is 0.739. The summed E-state index contributed by atoms with van der Waals surface area (Å²) < 4.78 is 0. The third-order valence-corrected chi connectivity index (χ3v) is 5.18. The summed E-state index contributed by atoms with van der Waals surface area (Å²) in [5, 5.41) is 6.68. The molecule has 3 aromatic rings. The molecule has 4 nitrogen and oxygen atoms in total. The van der Waals surface area contributed by atoms with Gasteiger partial charge in [0.25, 0.3) is 11.8 Å². The van der Waals surface area contributed by atoms with Crippen molar-refractivity contribution in [1.29, 1.82) is 0 Å². The highest BCUT2D eigenvalue weighted by Crippen LogP contribution is 2.16. The molecule has 0 aliphatic carbocycles. The summed E-state index contributed by atoms with van der Waals surface area (Å²) in [6.07, 6.45) is 0. The highest BCUT2D eigenvalue weighted by molar-refractivity contribution is 7.12. The van der Waals surface area contributed by atoms with Gasteiger partial charge in [0, 0.05) is 23.2 Å². The molecule has 0 fully saturated rings. The standard InChI is InChI=1S/C18H16N2O2S2/c1-20(12-15-4-2-10-23-15)18(22)13-6-8-14(9-7-13)19-17(21)16-5-3-11-24-16/h2-11H,12H2,1H3,(H,19,21). The lowest BCUT2D eigenvalue weighted by molar-refractivity contribution is 0.0786. The second-order valence-electron chi connectivity index (χ2n) is 5.25. The van der Waals surface area contributed by atoms with Crippen LogP contribution in [0, 0.1) is 0 Å². The van der Waals surface area contributed by atoms with E-state index in [-0.39, 0.29) is 11.8 Å². The van der Waals surface area contributed by atoms with E-state index in [4.69, 9.17) is 0 Å². The fraction of sp³-hybridized carbons (Fsp3) is 0.111. The van der Waals surface area contributed by atoms with Crippen molar-refractivity contribution >= 4 is 40.2 Å². The largest absolute Gasteiger partial charge is 0.337 e. The zero-order chi connectivity index (χ0) is 16.9. The van der Waals surface area contributed by atoms with Gasteiger partial charge in [0.1, 0.15) is 0 Å². The van der Waals surface area contributed by atoms with Crippen LogP contribution in [0.5, 0.6) is 0 Å². The van der Waals surface area contributed by atoms with E-state index < -0.39 is 0 Å². The lowest BCUT2D eigenvalue weighted by atomic mass is 10.2. The van der Waals surface area contributed by atoms with Gasteiger partial charge >= 0.3 is 0 Å². The molecule has 1 N–H and O–H groups in total. The second-order valence-corrected chi connectivity index (χ2v) is 7.23. The van der Waals surface area contributed by atoms with Crippen molar-refractivity contribution in [2.45, 2.75) is 6.54 Å². The van der Waals surface area contributed by atoms with E-state index in [1.807, 2.05) is 29.0 Å². The van der Waals surface area contributed by atoms with Gasteiger partial charge in [0.2, 0.25) is 0 Å². The van der Waals surface area contributed by atoms with Gasteiger partial charge in [-0.15, -0.1) is 22.7 Å². The second kappa shape index (κ2) is 7.42. The Bertz CT molecular complexity index is 809. The predicted octanol–water partition coefficient (Wildman–Crippen LogP) is 4.33. The molecule has 24 heavy (non-hydrogen) atoms. The Morgan fingerprint density at radius 3 is 2.33 bits per heavy atom. The molecule has 0 radical (unpaired) electrons. The lowest BCUT2D eigenvalue weighted by Gasteiger charge is -2.16. The summed E-state index contributed by atoms with van der Waals surface area (Å²) in [4.78, 5) is 27.9. The first-order chi connectivity index (χ1) is 11.6. The highest BCUT2D eigenvalue weighted by Gasteiger charge is 2.13. The van der Waals surface area contributed by atoms with E-state index in [0.717, 1.165) is 4.88 Å². The predicted molar refractivity (Wildman–Crippen MR) is 98.8 cm³/mol. The average Bonchev–Trinajstić information content (AvgIpc) is 3.28. The molecule has 122 valence electrons. The van der Waals surface area contributed by atoms with Crippen LogP contribution in [0.15, 0.2) is 59.3 Å². The van der Waals surface area contributed by atoms with Crippen molar-refractivity contribution in [2.75, 3.05) is 12.4 Å². The molecule has 0 bridgehead atoms. The molecule has 2 heterocycles. The number of amides is 2.